The number of hydrogen-bond acceptors (Lipinski definition) is 5. The highest BCUT2D eigenvalue weighted by Crippen LogP contribution is 2.10. The van der Waals surface area contributed by atoms with Crippen LogP contribution in [0, 0.1) is 0 Å². The van der Waals surface area contributed by atoms with E-state index in [1.54, 1.807) is 4.68 Å². The molecule has 2 heterocycles. The summed E-state index contributed by atoms with van der Waals surface area (Å²) in [6, 6.07) is 12.8. The lowest BCUT2D eigenvalue weighted by Gasteiger charge is -2.01. The standard InChI is InChI=1S/C17H15N3O4/c1-23-17(22)12-9-15(24-11-12)16(21)18-10-13-7-8-20(19-13)14-5-3-2-4-6-14/h2-9,11H,10H2,1H3,(H,18,21). The predicted octanol–water partition coefficient (Wildman–Crippen LogP) is 2.18. The van der Waals surface area contributed by atoms with Gasteiger partial charge in [0.05, 0.1) is 30.6 Å². The fourth-order valence-corrected chi connectivity index (χ4v) is 2.12. The van der Waals surface area contributed by atoms with E-state index in [-0.39, 0.29) is 17.9 Å². The average Bonchev–Trinajstić information content (AvgIpc) is 3.29. The average molecular weight is 325 g/mol. The SMILES string of the molecule is COC(=O)c1coc(C(=O)NCc2ccn(-c3ccccc3)n2)c1. The van der Waals surface area contributed by atoms with Crippen molar-refractivity contribution in [2.24, 2.45) is 0 Å². The van der Waals surface area contributed by atoms with E-state index in [4.69, 9.17) is 4.42 Å². The van der Waals surface area contributed by atoms with Gasteiger partial charge in [0.1, 0.15) is 6.26 Å². The molecule has 1 amide bonds. The van der Waals surface area contributed by atoms with E-state index in [1.807, 2.05) is 42.6 Å². The quantitative estimate of drug-likeness (QED) is 0.727. The van der Waals surface area contributed by atoms with E-state index in [9.17, 15) is 9.59 Å². The molecule has 1 aromatic carbocycles. The van der Waals surface area contributed by atoms with Crippen molar-refractivity contribution in [1.29, 1.82) is 0 Å². The molecule has 0 aliphatic rings. The van der Waals surface area contributed by atoms with Crippen molar-refractivity contribution in [3.05, 3.63) is 71.9 Å². The van der Waals surface area contributed by atoms with Gasteiger partial charge in [-0.15, -0.1) is 0 Å². The van der Waals surface area contributed by atoms with Gasteiger partial charge >= 0.3 is 5.97 Å². The first-order valence-electron chi connectivity index (χ1n) is 7.22. The number of carbonyl (C=O) groups is 2. The van der Waals surface area contributed by atoms with Gasteiger partial charge in [0.25, 0.3) is 5.91 Å². The summed E-state index contributed by atoms with van der Waals surface area (Å²) in [6.45, 7) is 0.243. The van der Waals surface area contributed by atoms with E-state index >= 15 is 0 Å². The minimum Gasteiger partial charge on any atom is -0.465 e. The summed E-state index contributed by atoms with van der Waals surface area (Å²) >= 11 is 0. The Kier molecular flexibility index (Phi) is 4.42. The third-order valence-electron chi connectivity index (χ3n) is 3.34. The molecule has 3 rings (SSSR count). The number of rotatable bonds is 5. The van der Waals surface area contributed by atoms with Gasteiger partial charge < -0.3 is 14.5 Å². The second kappa shape index (κ2) is 6.82. The highest BCUT2D eigenvalue weighted by Gasteiger charge is 2.15. The highest BCUT2D eigenvalue weighted by molar-refractivity contribution is 5.95. The molecule has 122 valence electrons. The number of furan rings is 1. The molecule has 7 nitrogen and oxygen atoms in total. The highest BCUT2D eigenvalue weighted by atomic mass is 16.5. The smallest absolute Gasteiger partial charge is 0.341 e. The van der Waals surface area contributed by atoms with Crippen molar-refractivity contribution in [1.82, 2.24) is 15.1 Å². The number of esters is 1. The van der Waals surface area contributed by atoms with Crippen LogP contribution in [0.25, 0.3) is 5.69 Å². The lowest BCUT2D eigenvalue weighted by molar-refractivity contribution is 0.0599. The zero-order valence-electron chi connectivity index (χ0n) is 12.9. The topological polar surface area (TPSA) is 86.4 Å². The summed E-state index contributed by atoms with van der Waals surface area (Å²) in [6.07, 6.45) is 3.00. The fraction of sp³-hybridized carbons (Fsp3) is 0.118. The van der Waals surface area contributed by atoms with Crippen LogP contribution in [0.5, 0.6) is 0 Å². The number of carbonyl (C=O) groups excluding carboxylic acids is 2. The lowest BCUT2D eigenvalue weighted by atomic mass is 10.3. The number of methoxy groups -OCH3 is 1. The summed E-state index contributed by atoms with van der Waals surface area (Å²) in [5.41, 5.74) is 1.83. The number of amides is 1. The van der Waals surface area contributed by atoms with Crippen molar-refractivity contribution in [3.63, 3.8) is 0 Å². The maximum atomic E-state index is 12.0. The van der Waals surface area contributed by atoms with Crippen molar-refractivity contribution >= 4 is 11.9 Å². The van der Waals surface area contributed by atoms with Crippen LogP contribution in [-0.4, -0.2) is 28.8 Å². The van der Waals surface area contributed by atoms with Gasteiger partial charge in [-0.2, -0.15) is 5.10 Å². The molecule has 24 heavy (non-hydrogen) atoms. The van der Waals surface area contributed by atoms with Crippen LogP contribution in [0.15, 0.2) is 59.3 Å². The Hall–Kier alpha value is -3.35. The molecule has 0 fully saturated rings. The Bertz CT molecular complexity index is 852. The molecule has 0 saturated carbocycles. The molecule has 2 aromatic heterocycles. The lowest BCUT2D eigenvalue weighted by Crippen LogP contribution is -2.22. The molecule has 0 saturated heterocycles. The van der Waals surface area contributed by atoms with Crippen molar-refractivity contribution in [3.8, 4) is 5.69 Å². The number of para-hydroxylation sites is 1. The maximum absolute atomic E-state index is 12.0. The van der Waals surface area contributed by atoms with Gasteiger partial charge in [0, 0.05) is 12.3 Å². The van der Waals surface area contributed by atoms with E-state index in [2.05, 4.69) is 15.2 Å². The molecule has 0 bridgehead atoms. The number of nitrogens with one attached hydrogen (secondary N) is 1. The first-order chi connectivity index (χ1) is 11.7. The summed E-state index contributed by atoms with van der Waals surface area (Å²) < 4.78 is 11.4. The minimum atomic E-state index is -0.556. The van der Waals surface area contributed by atoms with E-state index < -0.39 is 11.9 Å². The largest absolute Gasteiger partial charge is 0.465 e. The summed E-state index contributed by atoms with van der Waals surface area (Å²) in [5, 5.41) is 7.08. The Morgan fingerprint density at radius 3 is 2.79 bits per heavy atom. The van der Waals surface area contributed by atoms with Crippen LogP contribution in [0.4, 0.5) is 0 Å². The maximum Gasteiger partial charge on any atom is 0.341 e. The molecule has 0 radical (unpaired) electrons. The number of ether oxygens (including phenoxy) is 1. The molecular formula is C17H15N3O4. The summed E-state index contributed by atoms with van der Waals surface area (Å²) in [7, 11) is 1.26. The molecular weight excluding hydrogens is 310 g/mol. The van der Waals surface area contributed by atoms with E-state index in [0.717, 1.165) is 5.69 Å². The first kappa shape index (κ1) is 15.5. The zero-order chi connectivity index (χ0) is 16.9. The van der Waals surface area contributed by atoms with Gasteiger partial charge in [0.2, 0.25) is 0 Å². The third-order valence-corrected chi connectivity index (χ3v) is 3.34. The molecule has 0 spiro atoms. The van der Waals surface area contributed by atoms with Gasteiger partial charge in [-0.25, -0.2) is 9.48 Å². The molecule has 3 aromatic rings. The van der Waals surface area contributed by atoms with Crippen molar-refractivity contribution in [2.45, 2.75) is 6.54 Å². The Labute approximate surface area is 137 Å². The Morgan fingerprint density at radius 1 is 1.25 bits per heavy atom. The molecule has 0 unspecified atom stereocenters. The normalized spacial score (nSPS) is 10.4. The third kappa shape index (κ3) is 3.35. The van der Waals surface area contributed by atoms with E-state index in [1.165, 1.54) is 19.4 Å². The molecule has 7 heteroatoms. The molecule has 0 aliphatic carbocycles. The first-order valence-corrected chi connectivity index (χ1v) is 7.22. The summed E-state index contributed by atoms with van der Waals surface area (Å²) in [5.74, 6) is -0.947. The Morgan fingerprint density at radius 2 is 2.04 bits per heavy atom. The van der Waals surface area contributed by atoms with Crippen molar-refractivity contribution in [2.75, 3.05) is 7.11 Å². The van der Waals surface area contributed by atoms with Gasteiger partial charge in [-0.3, -0.25) is 4.79 Å². The van der Waals surface area contributed by atoms with Crippen LogP contribution in [0.2, 0.25) is 0 Å². The molecule has 0 aliphatic heterocycles. The van der Waals surface area contributed by atoms with E-state index in [0.29, 0.717) is 5.69 Å². The number of nitrogens with zero attached hydrogens (tertiary/aromatic N) is 2. The Balaban J connectivity index is 1.62. The number of benzene rings is 1. The minimum absolute atomic E-state index is 0.0397. The van der Waals surface area contributed by atoms with Crippen LogP contribution >= 0.6 is 0 Å². The second-order valence-electron chi connectivity index (χ2n) is 4.96. The van der Waals surface area contributed by atoms with Crippen molar-refractivity contribution < 1.29 is 18.7 Å². The second-order valence-corrected chi connectivity index (χ2v) is 4.96. The van der Waals surface area contributed by atoms with Crippen LogP contribution < -0.4 is 5.32 Å². The molecule has 0 atom stereocenters. The summed E-state index contributed by atoms with van der Waals surface area (Å²) in [4.78, 5) is 23.4. The monoisotopic (exact) mass is 325 g/mol. The van der Waals surface area contributed by atoms with Gasteiger partial charge in [0.15, 0.2) is 5.76 Å². The number of aromatic nitrogens is 2. The molecule has 1 N–H and O–H groups in total. The van der Waals surface area contributed by atoms with Gasteiger partial charge in [-0.05, 0) is 18.2 Å². The predicted molar refractivity (Wildman–Crippen MR) is 84.8 cm³/mol. The van der Waals surface area contributed by atoms with Gasteiger partial charge in [-0.1, -0.05) is 18.2 Å². The van der Waals surface area contributed by atoms with Crippen LogP contribution in [0.1, 0.15) is 26.6 Å². The van der Waals surface area contributed by atoms with Crippen LogP contribution in [-0.2, 0) is 11.3 Å². The number of hydrogen-bond donors (Lipinski definition) is 1. The van der Waals surface area contributed by atoms with Crippen LogP contribution in [0.3, 0.4) is 0 Å². The zero-order valence-corrected chi connectivity index (χ0v) is 12.9. The fourth-order valence-electron chi connectivity index (χ4n) is 2.12.